The molecule has 0 bridgehead atoms. The highest BCUT2D eigenvalue weighted by Gasteiger charge is 2.09. The summed E-state index contributed by atoms with van der Waals surface area (Å²) in [6.45, 7) is 0.622. The molecule has 1 heterocycles. The maximum Gasteiger partial charge on any atom is 0.226 e. The number of ether oxygens (including phenoxy) is 1. The Balaban J connectivity index is 1.38. The number of nitrogens with zero attached hydrogens (tertiary/aromatic N) is 1. The van der Waals surface area contributed by atoms with Crippen LogP contribution in [0.4, 0.5) is 0 Å². The number of hydrogen-bond donors (Lipinski definition) is 0. The highest BCUT2D eigenvalue weighted by molar-refractivity contribution is 5.52. The third kappa shape index (κ3) is 1.88. The van der Waals surface area contributed by atoms with Crippen molar-refractivity contribution in [3.63, 3.8) is 0 Å². The zero-order chi connectivity index (χ0) is 13.4. The molecule has 3 nitrogen and oxygen atoms in total. The van der Waals surface area contributed by atoms with Crippen molar-refractivity contribution >= 4 is 0 Å². The third-order valence-electron chi connectivity index (χ3n) is 3.48. The Kier molecular flexibility index (Phi) is 2.56. The molecule has 1 aromatic heterocycles. The maximum atomic E-state index is 5.70. The van der Waals surface area contributed by atoms with Crippen LogP contribution in [-0.4, -0.2) is 11.6 Å². The Morgan fingerprint density at radius 1 is 1.05 bits per heavy atom. The zero-order valence-electron chi connectivity index (χ0n) is 10.9. The van der Waals surface area contributed by atoms with Gasteiger partial charge in [0, 0.05) is 17.2 Å². The average molecular weight is 263 g/mol. The van der Waals surface area contributed by atoms with Gasteiger partial charge >= 0.3 is 0 Å². The van der Waals surface area contributed by atoms with Crippen LogP contribution in [0.3, 0.4) is 0 Å². The SMILES string of the molecule is c1ccc(-c2nc(CCOc3cc4ccc3=4)co2)cc1. The molecular weight excluding hydrogens is 250 g/mol. The summed E-state index contributed by atoms with van der Waals surface area (Å²) in [6.07, 6.45) is 2.45. The van der Waals surface area contributed by atoms with Crippen molar-refractivity contribution in [2.24, 2.45) is 0 Å². The molecule has 2 aliphatic rings. The van der Waals surface area contributed by atoms with Gasteiger partial charge in [-0.1, -0.05) is 30.3 Å². The smallest absolute Gasteiger partial charge is 0.226 e. The molecule has 98 valence electrons. The minimum absolute atomic E-state index is 0.622. The molecule has 20 heavy (non-hydrogen) atoms. The summed E-state index contributed by atoms with van der Waals surface area (Å²) in [5, 5.41) is 2.54. The van der Waals surface area contributed by atoms with Crippen molar-refractivity contribution in [2.45, 2.75) is 6.42 Å². The lowest BCUT2D eigenvalue weighted by molar-refractivity contribution is 0.315. The second-order valence-corrected chi connectivity index (χ2v) is 4.82. The van der Waals surface area contributed by atoms with E-state index in [-0.39, 0.29) is 0 Å². The van der Waals surface area contributed by atoms with Crippen LogP contribution in [0.15, 0.2) is 59.2 Å². The fraction of sp³-hybridized carbons (Fsp3) is 0.118. The average Bonchev–Trinajstić information content (AvgIpc) is 2.93. The van der Waals surface area contributed by atoms with Crippen molar-refractivity contribution < 1.29 is 9.15 Å². The van der Waals surface area contributed by atoms with Crippen LogP contribution in [0.1, 0.15) is 5.69 Å². The second-order valence-electron chi connectivity index (χ2n) is 4.82. The number of rotatable bonds is 5. The molecule has 2 aliphatic carbocycles. The van der Waals surface area contributed by atoms with Crippen LogP contribution < -0.4 is 4.74 Å². The van der Waals surface area contributed by atoms with Crippen molar-refractivity contribution in [3.8, 4) is 17.2 Å². The molecule has 4 rings (SSSR count). The molecule has 1 aromatic carbocycles. The van der Waals surface area contributed by atoms with E-state index in [2.05, 4.69) is 23.2 Å². The van der Waals surface area contributed by atoms with E-state index in [9.17, 15) is 0 Å². The monoisotopic (exact) mass is 263 g/mol. The van der Waals surface area contributed by atoms with Gasteiger partial charge in [0.1, 0.15) is 12.0 Å². The summed E-state index contributed by atoms with van der Waals surface area (Å²) in [5.41, 5.74) is 1.91. The summed E-state index contributed by atoms with van der Waals surface area (Å²) >= 11 is 0. The lowest BCUT2D eigenvalue weighted by Gasteiger charge is -2.12. The standard InChI is InChI=1S/C17H13NO2/c1-2-4-12(5-3-1)17-18-14(11-20-17)8-9-19-16-10-13-6-7-15(13)16/h1-7,10-11H,8-9H2. The lowest BCUT2D eigenvalue weighted by Crippen LogP contribution is -2.05. The van der Waals surface area contributed by atoms with Gasteiger partial charge in [-0.15, -0.1) is 0 Å². The van der Waals surface area contributed by atoms with E-state index in [1.807, 2.05) is 30.3 Å². The molecule has 0 saturated carbocycles. The summed E-state index contributed by atoms with van der Waals surface area (Å²) < 4.78 is 11.2. The topological polar surface area (TPSA) is 35.3 Å². The van der Waals surface area contributed by atoms with Gasteiger partial charge in [-0.25, -0.2) is 4.98 Å². The summed E-state index contributed by atoms with van der Waals surface area (Å²) in [7, 11) is 0. The highest BCUT2D eigenvalue weighted by atomic mass is 16.5. The summed E-state index contributed by atoms with van der Waals surface area (Å²) in [4.78, 5) is 4.48. The molecule has 0 aliphatic heterocycles. The Bertz CT molecular complexity index is 837. The quantitative estimate of drug-likeness (QED) is 0.552. The van der Waals surface area contributed by atoms with Crippen LogP contribution in [0.25, 0.3) is 11.5 Å². The summed E-state index contributed by atoms with van der Waals surface area (Å²) in [6, 6.07) is 16.1. The fourth-order valence-corrected chi connectivity index (χ4v) is 2.27. The molecule has 0 atom stereocenters. The molecule has 0 radical (unpaired) electrons. The van der Waals surface area contributed by atoms with Crippen LogP contribution >= 0.6 is 0 Å². The molecule has 0 fully saturated rings. The van der Waals surface area contributed by atoms with E-state index in [0.717, 1.165) is 23.4 Å². The van der Waals surface area contributed by atoms with Crippen LogP contribution in [0, 0.1) is 10.4 Å². The Morgan fingerprint density at radius 3 is 2.65 bits per heavy atom. The van der Waals surface area contributed by atoms with Gasteiger partial charge in [0.05, 0.1) is 12.3 Å². The molecule has 0 spiro atoms. The molecule has 3 heteroatoms. The Labute approximate surface area is 116 Å². The van der Waals surface area contributed by atoms with Gasteiger partial charge in [0.2, 0.25) is 5.89 Å². The van der Waals surface area contributed by atoms with E-state index < -0.39 is 0 Å². The van der Waals surface area contributed by atoms with Gasteiger partial charge in [-0.2, -0.15) is 0 Å². The van der Waals surface area contributed by atoms with E-state index in [0.29, 0.717) is 12.5 Å². The Morgan fingerprint density at radius 2 is 1.95 bits per heavy atom. The van der Waals surface area contributed by atoms with E-state index in [4.69, 9.17) is 9.15 Å². The minimum Gasteiger partial charge on any atom is -0.493 e. The first kappa shape index (κ1) is 11.3. The molecular formula is C17H13NO2. The van der Waals surface area contributed by atoms with Crippen molar-refractivity contribution in [2.75, 3.05) is 6.61 Å². The van der Waals surface area contributed by atoms with Gasteiger partial charge < -0.3 is 9.15 Å². The van der Waals surface area contributed by atoms with Crippen molar-refractivity contribution in [3.05, 3.63) is 70.9 Å². The number of aromatic nitrogens is 1. The first-order chi connectivity index (χ1) is 9.90. The van der Waals surface area contributed by atoms with Crippen LogP contribution in [-0.2, 0) is 6.42 Å². The van der Waals surface area contributed by atoms with Crippen molar-refractivity contribution in [1.82, 2.24) is 4.98 Å². The predicted octanol–water partition coefficient (Wildman–Crippen LogP) is 3.56. The lowest BCUT2D eigenvalue weighted by atomic mass is 10.1. The second kappa shape index (κ2) is 4.53. The van der Waals surface area contributed by atoms with Crippen LogP contribution in [0.2, 0.25) is 0 Å². The predicted molar refractivity (Wildman–Crippen MR) is 75.3 cm³/mol. The molecule has 0 N–H and O–H groups in total. The third-order valence-corrected chi connectivity index (χ3v) is 3.48. The zero-order valence-corrected chi connectivity index (χ0v) is 10.9. The molecule has 0 unspecified atom stereocenters. The fourth-order valence-electron chi connectivity index (χ4n) is 2.27. The maximum absolute atomic E-state index is 5.70. The van der Waals surface area contributed by atoms with Crippen molar-refractivity contribution in [1.29, 1.82) is 0 Å². The molecule has 0 amide bonds. The largest absolute Gasteiger partial charge is 0.493 e. The van der Waals surface area contributed by atoms with Gasteiger partial charge in [-0.3, -0.25) is 0 Å². The summed E-state index contributed by atoms with van der Waals surface area (Å²) in [5.74, 6) is 1.66. The minimum atomic E-state index is 0.622. The first-order valence-corrected chi connectivity index (χ1v) is 6.67. The van der Waals surface area contributed by atoms with E-state index in [1.54, 1.807) is 6.26 Å². The number of oxazole rings is 1. The molecule has 2 aromatic rings. The van der Waals surface area contributed by atoms with E-state index in [1.165, 1.54) is 10.4 Å². The Hall–Kier alpha value is -2.55. The normalized spacial score (nSPS) is 11.4. The van der Waals surface area contributed by atoms with Crippen LogP contribution in [0.5, 0.6) is 5.75 Å². The number of benzene rings is 2. The highest BCUT2D eigenvalue weighted by Crippen LogP contribution is 2.24. The van der Waals surface area contributed by atoms with Gasteiger partial charge in [0.25, 0.3) is 0 Å². The first-order valence-electron chi connectivity index (χ1n) is 6.67. The van der Waals surface area contributed by atoms with Gasteiger partial charge in [-0.05, 0) is 23.4 Å². The molecule has 0 saturated heterocycles. The van der Waals surface area contributed by atoms with Gasteiger partial charge in [0.15, 0.2) is 0 Å². The number of hydrogen-bond acceptors (Lipinski definition) is 3. The van der Waals surface area contributed by atoms with E-state index >= 15 is 0 Å².